The van der Waals surface area contributed by atoms with Gasteiger partial charge in [-0.3, -0.25) is 4.79 Å². The summed E-state index contributed by atoms with van der Waals surface area (Å²) >= 11 is 0. The predicted octanol–water partition coefficient (Wildman–Crippen LogP) is 4.59. The predicted molar refractivity (Wildman–Crippen MR) is 100 cm³/mol. The van der Waals surface area contributed by atoms with Crippen molar-refractivity contribution < 1.29 is 18.7 Å². The van der Waals surface area contributed by atoms with Crippen LogP contribution in [0.15, 0.2) is 75.8 Å². The lowest BCUT2D eigenvalue weighted by molar-refractivity contribution is 0.102. The minimum atomic E-state index is -0.415. The molecule has 0 unspecified atom stereocenters. The molecule has 27 heavy (non-hydrogen) atoms. The summed E-state index contributed by atoms with van der Waals surface area (Å²) in [4.78, 5) is 12.3. The Hall–Kier alpha value is -3.87. The molecule has 0 saturated heterocycles. The number of furan rings is 1. The number of rotatable bonds is 4. The molecule has 136 valence electrons. The molecular weight excluding hydrogens is 346 g/mol. The van der Waals surface area contributed by atoms with E-state index in [-0.39, 0.29) is 24.6 Å². The van der Waals surface area contributed by atoms with Crippen LogP contribution in [0.1, 0.15) is 17.8 Å². The Labute approximate surface area is 155 Å². The van der Waals surface area contributed by atoms with Crippen molar-refractivity contribution in [2.75, 3.05) is 5.32 Å². The number of anilines is 1. The number of amides is 1. The second-order valence-corrected chi connectivity index (χ2v) is 5.44. The van der Waals surface area contributed by atoms with Crippen LogP contribution in [0.3, 0.4) is 0 Å². The second-order valence-electron chi connectivity index (χ2n) is 5.44. The van der Waals surface area contributed by atoms with E-state index >= 15 is 0 Å². The summed E-state index contributed by atoms with van der Waals surface area (Å²) in [5.74, 6) is 0.555. The molecule has 0 spiro atoms. The number of para-hydroxylation sites is 1. The van der Waals surface area contributed by atoms with Gasteiger partial charge < -0.3 is 19.3 Å². The normalized spacial score (nSPS) is 10.2. The first-order chi connectivity index (χ1) is 12.7. The zero-order chi connectivity index (χ0) is 17.9. The molecule has 7 heteroatoms. The molecule has 0 aliphatic rings. The Balaban J connectivity index is 0.00000210. The van der Waals surface area contributed by atoms with Crippen molar-refractivity contribution in [2.45, 2.75) is 7.43 Å². The van der Waals surface area contributed by atoms with Crippen LogP contribution in [0.4, 0.5) is 5.69 Å². The largest absolute Gasteiger partial charge is 0.507 e. The van der Waals surface area contributed by atoms with Gasteiger partial charge in [0.15, 0.2) is 5.76 Å². The summed E-state index contributed by atoms with van der Waals surface area (Å²) in [5.41, 5.74) is 1.37. The first-order valence-electron chi connectivity index (χ1n) is 7.78. The number of benzene rings is 2. The van der Waals surface area contributed by atoms with Crippen LogP contribution in [0, 0.1) is 0 Å². The lowest BCUT2D eigenvalue weighted by Gasteiger charge is -2.07. The average Bonchev–Trinajstić information content (AvgIpc) is 3.34. The maximum atomic E-state index is 12.3. The SMILES string of the molecule is C.O=C(Nc1cccc(-c2nnc(-c3ccco3)o2)c1)c1ccccc1O. The van der Waals surface area contributed by atoms with Crippen LogP contribution in [0.25, 0.3) is 23.1 Å². The number of phenolic OH excluding ortho intramolecular Hbond substituents is 1. The highest BCUT2D eigenvalue weighted by molar-refractivity contribution is 6.06. The number of phenols is 1. The van der Waals surface area contributed by atoms with Crippen LogP contribution < -0.4 is 5.32 Å². The fourth-order valence-electron chi connectivity index (χ4n) is 2.43. The van der Waals surface area contributed by atoms with Gasteiger partial charge in [0.05, 0.1) is 11.8 Å². The summed E-state index contributed by atoms with van der Waals surface area (Å²) in [5, 5.41) is 20.5. The smallest absolute Gasteiger partial charge is 0.283 e. The number of hydrogen-bond acceptors (Lipinski definition) is 6. The monoisotopic (exact) mass is 363 g/mol. The summed E-state index contributed by atoms with van der Waals surface area (Å²) in [6.45, 7) is 0. The third kappa shape index (κ3) is 3.72. The Morgan fingerprint density at radius 3 is 2.56 bits per heavy atom. The van der Waals surface area contributed by atoms with Gasteiger partial charge in [-0.1, -0.05) is 25.6 Å². The first kappa shape index (κ1) is 17.9. The van der Waals surface area contributed by atoms with Crippen molar-refractivity contribution in [1.82, 2.24) is 10.2 Å². The first-order valence-corrected chi connectivity index (χ1v) is 7.78. The van der Waals surface area contributed by atoms with Crippen molar-refractivity contribution in [2.24, 2.45) is 0 Å². The molecule has 1 amide bonds. The van der Waals surface area contributed by atoms with Gasteiger partial charge in [0.2, 0.25) is 5.89 Å². The number of nitrogens with zero attached hydrogens (tertiary/aromatic N) is 2. The standard InChI is InChI=1S/C19H13N3O4.CH4/c23-15-8-2-1-7-14(15)17(24)20-13-6-3-5-12(11-13)18-21-22-19(26-18)16-9-4-10-25-16;/h1-11,23H,(H,20,24);1H4. The van der Waals surface area contributed by atoms with E-state index in [9.17, 15) is 9.90 Å². The van der Waals surface area contributed by atoms with Gasteiger partial charge >= 0.3 is 0 Å². The van der Waals surface area contributed by atoms with Crippen molar-refractivity contribution in [3.63, 3.8) is 0 Å². The highest BCUT2D eigenvalue weighted by Gasteiger charge is 2.14. The van der Waals surface area contributed by atoms with Gasteiger partial charge in [-0.05, 0) is 42.5 Å². The number of carbonyl (C=O) groups excluding carboxylic acids is 1. The van der Waals surface area contributed by atoms with Crippen LogP contribution in [-0.2, 0) is 0 Å². The van der Waals surface area contributed by atoms with E-state index in [2.05, 4.69) is 15.5 Å². The maximum Gasteiger partial charge on any atom is 0.283 e. The Bertz CT molecular complexity index is 1050. The number of aromatic hydroxyl groups is 1. The van der Waals surface area contributed by atoms with Crippen molar-refractivity contribution in [3.8, 4) is 28.9 Å². The highest BCUT2D eigenvalue weighted by atomic mass is 16.4. The molecule has 2 aromatic heterocycles. The average molecular weight is 363 g/mol. The second kappa shape index (κ2) is 7.57. The topological polar surface area (TPSA) is 101 Å². The Kier molecular flexibility index (Phi) is 5.03. The molecule has 2 N–H and O–H groups in total. The van der Waals surface area contributed by atoms with E-state index in [1.54, 1.807) is 54.6 Å². The van der Waals surface area contributed by atoms with Gasteiger partial charge in [-0.15, -0.1) is 10.2 Å². The zero-order valence-electron chi connectivity index (χ0n) is 13.4. The molecule has 0 fully saturated rings. The minimum absolute atomic E-state index is 0. The van der Waals surface area contributed by atoms with E-state index in [0.29, 0.717) is 22.9 Å². The number of nitrogens with one attached hydrogen (secondary N) is 1. The van der Waals surface area contributed by atoms with Crippen LogP contribution >= 0.6 is 0 Å². The van der Waals surface area contributed by atoms with Gasteiger partial charge in [-0.2, -0.15) is 0 Å². The number of hydrogen-bond donors (Lipinski definition) is 2. The van der Waals surface area contributed by atoms with Crippen LogP contribution in [-0.4, -0.2) is 21.2 Å². The van der Waals surface area contributed by atoms with Gasteiger partial charge in [-0.25, -0.2) is 0 Å². The summed E-state index contributed by atoms with van der Waals surface area (Å²) in [6.07, 6.45) is 1.52. The summed E-state index contributed by atoms with van der Waals surface area (Å²) in [6, 6.07) is 16.8. The molecule has 7 nitrogen and oxygen atoms in total. The fraction of sp³-hybridized carbons (Fsp3) is 0.0500. The third-order valence-corrected chi connectivity index (χ3v) is 3.67. The summed E-state index contributed by atoms with van der Waals surface area (Å²) in [7, 11) is 0. The molecule has 4 aromatic rings. The van der Waals surface area contributed by atoms with Gasteiger partial charge in [0.25, 0.3) is 11.8 Å². The lowest BCUT2D eigenvalue weighted by atomic mass is 10.1. The molecule has 0 aliphatic carbocycles. The van der Waals surface area contributed by atoms with E-state index in [1.165, 1.54) is 12.3 Å². The molecule has 0 aliphatic heterocycles. The lowest BCUT2D eigenvalue weighted by Crippen LogP contribution is -2.11. The maximum absolute atomic E-state index is 12.3. The van der Waals surface area contributed by atoms with Crippen molar-refractivity contribution >= 4 is 11.6 Å². The highest BCUT2D eigenvalue weighted by Crippen LogP contribution is 2.26. The van der Waals surface area contributed by atoms with E-state index in [4.69, 9.17) is 8.83 Å². The summed E-state index contributed by atoms with van der Waals surface area (Å²) < 4.78 is 10.8. The van der Waals surface area contributed by atoms with Gasteiger partial charge in [0.1, 0.15) is 5.75 Å². The molecule has 4 rings (SSSR count). The molecule has 2 aromatic carbocycles. The molecule has 0 atom stereocenters. The van der Waals surface area contributed by atoms with E-state index < -0.39 is 5.91 Å². The van der Waals surface area contributed by atoms with Crippen LogP contribution in [0.2, 0.25) is 0 Å². The molecule has 0 bridgehead atoms. The Morgan fingerprint density at radius 2 is 1.78 bits per heavy atom. The molecule has 0 saturated carbocycles. The van der Waals surface area contributed by atoms with Crippen molar-refractivity contribution in [1.29, 1.82) is 0 Å². The minimum Gasteiger partial charge on any atom is -0.507 e. The Morgan fingerprint density at radius 1 is 0.963 bits per heavy atom. The quantitative estimate of drug-likeness (QED) is 0.550. The molecule has 0 radical (unpaired) electrons. The molecular formula is C20H17N3O4. The number of aromatic nitrogens is 2. The fourth-order valence-corrected chi connectivity index (χ4v) is 2.43. The van der Waals surface area contributed by atoms with Crippen LogP contribution in [0.5, 0.6) is 5.75 Å². The number of carbonyl (C=O) groups is 1. The van der Waals surface area contributed by atoms with Gasteiger partial charge in [0, 0.05) is 11.3 Å². The van der Waals surface area contributed by atoms with Crippen molar-refractivity contribution in [3.05, 3.63) is 72.5 Å². The zero-order valence-corrected chi connectivity index (χ0v) is 13.4. The third-order valence-electron chi connectivity index (χ3n) is 3.67. The molecule has 2 heterocycles. The van der Waals surface area contributed by atoms with E-state index in [1.807, 2.05) is 0 Å². The van der Waals surface area contributed by atoms with E-state index in [0.717, 1.165) is 0 Å².